The Hall–Kier alpha value is -0.660. The van der Waals surface area contributed by atoms with Crippen molar-refractivity contribution in [2.75, 3.05) is 25.4 Å². The lowest BCUT2D eigenvalue weighted by Crippen LogP contribution is -2.39. The number of hydrogen-bond acceptors (Lipinski definition) is 4. The summed E-state index contributed by atoms with van der Waals surface area (Å²) in [6, 6.07) is -0.0196. The molecule has 0 amide bonds. The average molecular weight is 262 g/mol. The van der Waals surface area contributed by atoms with Crippen LogP contribution >= 0.6 is 0 Å². The molecule has 2 heterocycles. The van der Waals surface area contributed by atoms with Crippen LogP contribution in [-0.4, -0.2) is 55.2 Å². The van der Waals surface area contributed by atoms with Crippen molar-refractivity contribution in [1.29, 1.82) is 0 Å². The molecule has 2 fully saturated rings. The van der Waals surface area contributed by atoms with E-state index in [0.717, 1.165) is 13.1 Å². The number of sulfonamides is 1. The fourth-order valence-electron chi connectivity index (χ4n) is 2.83. The van der Waals surface area contributed by atoms with Gasteiger partial charge in [0.25, 0.3) is 0 Å². The lowest BCUT2D eigenvalue weighted by atomic mass is 9.95. The molecule has 2 rings (SSSR count). The quantitative estimate of drug-likeness (QED) is 0.702. The number of carboxylic acids is 1. The van der Waals surface area contributed by atoms with Crippen molar-refractivity contribution in [3.8, 4) is 0 Å². The zero-order valence-corrected chi connectivity index (χ0v) is 10.6. The Morgan fingerprint density at radius 2 is 2.18 bits per heavy atom. The van der Waals surface area contributed by atoms with Crippen LogP contribution < -0.4 is 5.32 Å². The molecule has 0 aliphatic carbocycles. The third kappa shape index (κ3) is 2.46. The van der Waals surface area contributed by atoms with Crippen molar-refractivity contribution in [1.82, 2.24) is 9.62 Å². The van der Waals surface area contributed by atoms with Crippen molar-refractivity contribution in [3.63, 3.8) is 0 Å². The van der Waals surface area contributed by atoms with Crippen molar-refractivity contribution >= 4 is 16.0 Å². The van der Waals surface area contributed by atoms with Crippen LogP contribution in [0.1, 0.15) is 13.3 Å². The van der Waals surface area contributed by atoms with Crippen LogP contribution in [0.5, 0.6) is 0 Å². The van der Waals surface area contributed by atoms with Gasteiger partial charge in [0, 0.05) is 12.6 Å². The first-order valence-corrected chi connectivity index (χ1v) is 7.45. The number of fused-ring (bicyclic) bond motifs is 1. The molecule has 3 atom stereocenters. The number of rotatable bonds is 4. The molecule has 6 nitrogen and oxygen atoms in total. The Morgan fingerprint density at radius 1 is 1.47 bits per heavy atom. The molecule has 0 spiro atoms. The van der Waals surface area contributed by atoms with Crippen LogP contribution in [-0.2, 0) is 14.8 Å². The number of hydrogen-bond donors (Lipinski definition) is 2. The first-order chi connectivity index (χ1) is 7.92. The molecular formula is C10H18N2O4S. The number of nitrogens with zero attached hydrogens (tertiary/aromatic N) is 1. The van der Waals surface area contributed by atoms with Crippen molar-refractivity contribution in [3.05, 3.63) is 0 Å². The summed E-state index contributed by atoms with van der Waals surface area (Å²) >= 11 is 0. The minimum absolute atomic E-state index is 0.0196. The fraction of sp³-hybridized carbons (Fsp3) is 0.900. The van der Waals surface area contributed by atoms with E-state index in [-0.39, 0.29) is 18.2 Å². The van der Waals surface area contributed by atoms with Gasteiger partial charge in [-0.15, -0.1) is 0 Å². The fourth-order valence-corrected chi connectivity index (χ4v) is 4.58. The van der Waals surface area contributed by atoms with Gasteiger partial charge in [0.15, 0.2) is 0 Å². The lowest BCUT2D eigenvalue weighted by Gasteiger charge is -2.23. The van der Waals surface area contributed by atoms with Gasteiger partial charge in [-0.05, 0) is 31.8 Å². The van der Waals surface area contributed by atoms with Crippen LogP contribution in [0.3, 0.4) is 0 Å². The maximum absolute atomic E-state index is 12.0. The highest BCUT2D eigenvalue weighted by Crippen LogP contribution is 2.34. The summed E-state index contributed by atoms with van der Waals surface area (Å²) in [6.07, 6.45) is -0.320. The molecule has 2 aliphatic heterocycles. The van der Waals surface area contributed by atoms with Crippen LogP contribution in [0.15, 0.2) is 0 Å². The molecular weight excluding hydrogens is 244 g/mol. The summed E-state index contributed by atoms with van der Waals surface area (Å²) < 4.78 is 25.5. The Bertz CT molecular complexity index is 409. The highest BCUT2D eigenvalue weighted by atomic mass is 32.2. The van der Waals surface area contributed by atoms with Gasteiger partial charge < -0.3 is 10.4 Å². The SMILES string of the molecule is CC1C2CNCC2CN1S(=O)(=O)CCC(=O)O. The second-order valence-electron chi connectivity index (χ2n) is 4.85. The van der Waals surface area contributed by atoms with Gasteiger partial charge in [0.05, 0.1) is 12.2 Å². The summed E-state index contributed by atoms with van der Waals surface area (Å²) in [7, 11) is -3.42. The number of carboxylic acid groups (broad SMARTS) is 1. The minimum atomic E-state index is -3.42. The standard InChI is InChI=1S/C10H18N2O4S/c1-7-9-5-11-4-8(9)6-12(7)17(15,16)3-2-10(13)14/h7-9,11H,2-6H2,1H3,(H,13,14). The van der Waals surface area contributed by atoms with Crippen LogP contribution in [0.2, 0.25) is 0 Å². The second-order valence-corrected chi connectivity index (χ2v) is 6.89. The maximum Gasteiger partial charge on any atom is 0.304 e. The molecule has 7 heteroatoms. The van der Waals surface area contributed by atoms with E-state index in [0.29, 0.717) is 18.4 Å². The van der Waals surface area contributed by atoms with Gasteiger partial charge >= 0.3 is 5.97 Å². The van der Waals surface area contributed by atoms with E-state index >= 15 is 0 Å². The third-order valence-corrected chi connectivity index (χ3v) is 5.73. The first kappa shape index (κ1) is 12.8. The van der Waals surface area contributed by atoms with Crippen molar-refractivity contribution in [2.24, 2.45) is 11.8 Å². The zero-order chi connectivity index (χ0) is 12.6. The first-order valence-electron chi connectivity index (χ1n) is 5.84. The van der Waals surface area contributed by atoms with Gasteiger partial charge in [-0.3, -0.25) is 4.79 Å². The molecule has 2 saturated heterocycles. The molecule has 0 saturated carbocycles. The van der Waals surface area contributed by atoms with E-state index in [1.165, 1.54) is 4.31 Å². The van der Waals surface area contributed by atoms with Gasteiger partial charge in [-0.25, -0.2) is 8.42 Å². The molecule has 0 radical (unpaired) electrons. The van der Waals surface area contributed by atoms with Gasteiger partial charge in [-0.1, -0.05) is 0 Å². The predicted octanol–water partition coefficient (Wildman–Crippen LogP) is -0.669. The third-order valence-electron chi connectivity index (χ3n) is 3.81. The summed E-state index contributed by atoms with van der Waals surface area (Å²) in [5.74, 6) is -0.610. The molecule has 0 aromatic rings. The molecule has 0 aromatic carbocycles. The van der Waals surface area contributed by atoms with E-state index in [1.807, 2.05) is 6.92 Å². The zero-order valence-electron chi connectivity index (χ0n) is 9.80. The van der Waals surface area contributed by atoms with Crippen LogP contribution in [0, 0.1) is 11.8 Å². The largest absolute Gasteiger partial charge is 0.481 e. The maximum atomic E-state index is 12.0. The molecule has 0 bridgehead atoms. The van der Waals surface area contributed by atoms with Gasteiger partial charge in [0.1, 0.15) is 0 Å². The van der Waals surface area contributed by atoms with Gasteiger partial charge in [0.2, 0.25) is 10.0 Å². The van der Waals surface area contributed by atoms with Crippen LogP contribution in [0.25, 0.3) is 0 Å². The minimum Gasteiger partial charge on any atom is -0.481 e. The Kier molecular flexibility index (Phi) is 3.42. The highest BCUT2D eigenvalue weighted by molar-refractivity contribution is 7.89. The van der Waals surface area contributed by atoms with E-state index < -0.39 is 16.0 Å². The Morgan fingerprint density at radius 3 is 2.76 bits per heavy atom. The molecule has 2 aliphatic rings. The topological polar surface area (TPSA) is 86.7 Å². The highest BCUT2D eigenvalue weighted by Gasteiger charge is 2.46. The lowest BCUT2D eigenvalue weighted by molar-refractivity contribution is -0.136. The summed E-state index contributed by atoms with van der Waals surface area (Å²) in [5, 5.41) is 11.8. The molecule has 17 heavy (non-hydrogen) atoms. The number of aliphatic carboxylic acids is 1. The number of carbonyl (C=O) groups is 1. The average Bonchev–Trinajstić information content (AvgIpc) is 2.79. The van der Waals surface area contributed by atoms with E-state index in [4.69, 9.17) is 5.11 Å². The normalized spacial score (nSPS) is 33.8. The molecule has 98 valence electrons. The predicted molar refractivity (Wildman–Crippen MR) is 62.1 cm³/mol. The van der Waals surface area contributed by atoms with E-state index in [1.54, 1.807) is 0 Å². The second kappa shape index (κ2) is 4.55. The Labute approximate surface area is 101 Å². The van der Waals surface area contributed by atoms with Crippen molar-refractivity contribution in [2.45, 2.75) is 19.4 Å². The van der Waals surface area contributed by atoms with E-state index in [2.05, 4.69) is 5.32 Å². The smallest absolute Gasteiger partial charge is 0.304 e. The summed E-state index contributed by atoms with van der Waals surface area (Å²) in [6.45, 7) is 4.16. The van der Waals surface area contributed by atoms with Crippen molar-refractivity contribution < 1.29 is 18.3 Å². The van der Waals surface area contributed by atoms with Crippen LogP contribution in [0.4, 0.5) is 0 Å². The summed E-state index contributed by atoms with van der Waals surface area (Å²) in [5.41, 5.74) is 0. The summed E-state index contributed by atoms with van der Waals surface area (Å²) in [4.78, 5) is 10.4. The van der Waals surface area contributed by atoms with E-state index in [9.17, 15) is 13.2 Å². The Balaban J connectivity index is 2.05. The molecule has 2 N–H and O–H groups in total. The van der Waals surface area contributed by atoms with Gasteiger partial charge in [-0.2, -0.15) is 4.31 Å². The molecule has 0 aromatic heterocycles. The monoisotopic (exact) mass is 262 g/mol. The molecule has 3 unspecified atom stereocenters. The number of nitrogens with one attached hydrogen (secondary N) is 1.